The van der Waals surface area contributed by atoms with Crippen LogP contribution in [-0.2, 0) is 25.7 Å². The van der Waals surface area contributed by atoms with Crippen LogP contribution in [-0.4, -0.2) is 90.2 Å². The van der Waals surface area contributed by atoms with E-state index in [-0.39, 0.29) is 5.88 Å². The number of pyridine rings is 1. The number of aromatic nitrogens is 2. The van der Waals surface area contributed by atoms with Crippen LogP contribution >= 0.6 is 0 Å². The van der Waals surface area contributed by atoms with Crippen LogP contribution in [0.5, 0.6) is 5.88 Å². The molecule has 13 heteroatoms. The quantitative estimate of drug-likeness (QED) is 0.245. The standard InChI is InChI=1S/C19H18N4O2.C6H8O7/c20-10-13-1-3-16-15(9-13)18(19(24)22-16)17-4-2-14(11-21-17)12-23-5-7-25-8-6-23;7-3(8)1-6(13,5(11)12)2-4(9)10/h1-4,9,11,22,24H,5-8,12H2;13H,1-2H2,(H,7,8)(H,9,10)(H,11,12). The molecule has 13 nitrogen and oxygen atoms in total. The topological polar surface area (TPSA) is 217 Å². The zero-order valence-corrected chi connectivity index (χ0v) is 20.1. The molecular formula is C25H26N4O9. The molecule has 200 valence electrons. The van der Waals surface area contributed by atoms with Gasteiger partial charge in [-0.15, -0.1) is 0 Å². The first-order valence-corrected chi connectivity index (χ1v) is 11.4. The molecule has 2 aromatic heterocycles. The number of ether oxygens (including phenoxy) is 1. The van der Waals surface area contributed by atoms with Gasteiger partial charge in [0.2, 0.25) is 0 Å². The molecule has 0 unspecified atom stereocenters. The number of H-pyrrole nitrogens is 1. The van der Waals surface area contributed by atoms with E-state index >= 15 is 0 Å². The highest BCUT2D eigenvalue weighted by molar-refractivity contribution is 5.98. The van der Waals surface area contributed by atoms with Crippen LogP contribution in [0.25, 0.3) is 22.2 Å². The molecule has 3 heterocycles. The lowest BCUT2D eigenvalue weighted by Crippen LogP contribution is -2.42. The number of carboxylic acids is 3. The molecule has 3 aromatic rings. The van der Waals surface area contributed by atoms with Gasteiger partial charge >= 0.3 is 17.9 Å². The molecule has 0 spiro atoms. The number of aliphatic carboxylic acids is 3. The molecule has 1 aliphatic rings. The van der Waals surface area contributed by atoms with E-state index < -0.39 is 36.4 Å². The molecule has 6 N–H and O–H groups in total. The first kappa shape index (κ1) is 28.1. The number of hydrogen-bond donors (Lipinski definition) is 6. The Bertz CT molecular complexity index is 1340. The van der Waals surface area contributed by atoms with Gasteiger partial charge in [-0.2, -0.15) is 5.26 Å². The van der Waals surface area contributed by atoms with Crippen molar-refractivity contribution in [2.75, 3.05) is 26.3 Å². The van der Waals surface area contributed by atoms with E-state index in [4.69, 9.17) is 30.4 Å². The van der Waals surface area contributed by atoms with E-state index in [0.29, 0.717) is 16.8 Å². The predicted molar refractivity (Wildman–Crippen MR) is 131 cm³/mol. The minimum atomic E-state index is -2.74. The van der Waals surface area contributed by atoms with Gasteiger partial charge < -0.3 is 35.3 Å². The molecule has 0 atom stereocenters. The molecule has 4 rings (SSSR count). The van der Waals surface area contributed by atoms with Gasteiger partial charge in [0.25, 0.3) is 0 Å². The Morgan fingerprint density at radius 2 is 1.74 bits per heavy atom. The number of nitrogens with zero attached hydrogens (tertiary/aromatic N) is 3. The zero-order chi connectivity index (χ0) is 27.9. The lowest BCUT2D eigenvalue weighted by molar-refractivity contribution is -0.170. The fraction of sp³-hybridized carbons (Fsp3) is 0.320. The fourth-order valence-corrected chi connectivity index (χ4v) is 3.90. The second-order valence-electron chi connectivity index (χ2n) is 8.64. The number of carboxylic acid groups (broad SMARTS) is 3. The summed E-state index contributed by atoms with van der Waals surface area (Å²) in [6.45, 7) is 4.25. The maximum Gasteiger partial charge on any atom is 0.336 e. The smallest absolute Gasteiger partial charge is 0.336 e. The summed E-state index contributed by atoms with van der Waals surface area (Å²) >= 11 is 0. The summed E-state index contributed by atoms with van der Waals surface area (Å²) in [5, 5.41) is 54.0. The molecule has 0 saturated carbocycles. The minimum Gasteiger partial charge on any atom is -0.494 e. The van der Waals surface area contributed by atoms with Gasteiger partial charge in [-0.05, 0) is 29.8 Å². The molecular weight excluding hydrogens is 500 g/mol. The van der Waals surface area contributed by atoms with Crippen LogP contribution in [0.3, 0.4) is 0 Å². The molecule has 38 heavy (non-hydrogen) atoms. The maximum atomic E-state index is 10.3. The van der Waals surface area contributed by atoms with Crippen molar-refractivity contribution in [3.63, 3.8) is 0 Å². The van der Waals surface area contributed by atoms with E-state index in [9.17, 15) is 19.5 Å². The van der Waals surface area contributed by atoms with Crippen LogP contribution in [0.2, 0.25) is 0 Å². The highest BCUT2D eigenvalue weighted by atomic mass is 16.5. The van der Waals surface area contributed by atoms with E-state index in [0.717, 1.165) is 49.3 Å². The number of morpholine rings is 1. The molecule has 1 aromatic carbocycles. The third-order valence-corrected chi connectivity index (χ3v) is 5.78. The third-order valence-electron chi connectivity index (χ3n) is 5.78. The number of aromatic hydroxyl groups is 1. The maximum absolute atomic E-state index is 10.3. The Labute approximate surface area is 216 Å². The second kappa shape index (κ2) is 12.2. The number of fused-ring (bicyclic) bond motifs is 1. The van der Waals surface area contributed by atoms with Crippen LogP contribution in [0, 0.1) is 11.3 Å². The van der Waals surface area contributed by atoms with Gasteiger partial charge in [0, 0.05) is 36.7 Å². The molecule has 0 amide bonds. The van der Waals surface area contributed by atoms with Gasteiger partial charge in [-0.1, -0.05) is 6.07 Å². The highest BCUT2D eigenvalue weighted by Gasteiger charge is 2.40. The number of benzene rings is 1. The summed E-state index contributed by atoms with van der Waals surface area (Å²) in [5.41, 5.74) is 1.04. The summed E-state index contributed by atoms with van der Waals surface area (Å²) in [5.74, 6) is -4.95. The Hall–Kier alpha value is -4.51. The number of aliphatic hydroxyl groups is 1. The molecule has 0 bridgehead atoms. The summed E-state index contributed by atoms with van der Waals surface area (Å²) in [6, 6.07) is 11.4. The normalized spacial score (nSPS) is 13.8. The van der Waals surface area contributed by atoms with E-state index in [1.807, 2.05) is 18.3 Å². The van der Waals surface area contributed by atoms with Crippen molar-refractivity contribution in [2.24, 2.45) is 0 Å². The number of nitriles is 1. The van der Waals surface area contributed by atoms with E-state index in [2.05, 4.69) is 20.9 Å². The first-order chi connectivity index (χ1) is 18.0. The monoisotopic (exact) mass is 526 g/mol. The Morgan fingerprint density at radius 3 is 2.26 bits per heavy atom. The van der Waals surface area contributed by atoms with Crippen LogP contribution in [0.15, 0.2) is 36.5 Å². The van der Waals surface area contributed by atoms with Crippen molar-refractivity contribution in [1.29, 1.82) is 5.26 Å². The number of rotatable bonds is 8. The fourth-order valence-electron chi connectivity index (χ4n) is 3.90. The van der Waals surface area contributed by atoms with Crippen LogP contribution in [0.4, 0.5) is 0 Å². The molecule has 1 fully saturated rings. The van der Waals surface area contributed by atoms with Gasteiger partial charge in [0.05, 0.1) is 48.9 Å². The molecule has 0 aliphatic carbocycles. The lowest BCUT2D eigenvalue weighted by Gasteiger charge is -2.26. The Balaban J connectivity index is 0.000000263. The van der Waals surface area contributed by atoms with Gasteiger partial charge in [-0.25, -0.2) is 4.79 Å². The number of carbonyl (C=O) groups is 3. The van der Waals surface area contributed by atoms with Gasteiger partial charge in [0.15, 0.2) is 11.5 Å². The number of hydrogen-bond acceptors (Lipinski definition) is 9. The summed E-state index contributed by atoms with van der Waals surface area (Å²) < 4.78 is 5.37. The Morgan fingerprint density at radius 1 is 1.08 bits per heavy atom. The number of nitrogens with one attached hydrogen (secondary N) is 1. The van der Waals surface area contributed by atoms with Crippen molar-refractivity contribution >= 4 is 28.8 Å². The van der Waals surface area contributed by atoms with Crippen molar-refractivity contribution < 1.29 is 44.7 Å². The van der Waals surface area contributed by atoms with E-state index in [1.165, 1.54) is 0 Å². The van der Waals surface area contributed by atoms with Crippen LogP contribution < -0.4 is 0 Å². The zero-order valence-electron chi connectivity index (χ0n) is 20.1. The average Bonchev–Trinajstić information content (AvgIpc) is 3.19. The molecule has 0 radical (unpaired) electrons. The Kier molecular flexibility index (Phi) is 8.98. The van der Waals surface area contributed by atoms with E-state index in [1.54, 1.807) is 18.2 Å². The minimum absolute atomic E-state index is 0.0681. The predicted octanol–water partition coefficient (Wildman–Crippen LogP) is 1.39. The molecule has 1 saturated heterocycles. The summed E-state index contributed by atoms with van der Waals surface area (Å²) in [7, 11) is 0. The van der Waals surface area contributed by atoms with Gasteiger partial charge in [-0.3, -0.25) is 19.5 Å². The lowest BCUT2D eigenvalue weighted by atomic mass is 9.96. The van der Waals surface area contributed by atoms with Gasteiger partial charge in [0.1, 0.15) is 0 Å². The average molecular weight is 527 g/mol. The van der Waals surface area contributed by atoms with Crippen molar-refractivity contribution in [1.82, 2.24) is 14.9 Å². The van der Waals surface area contributed by atoms with Crippen LogP contribution in [0.1, 0.15) is 24.0 Å². The van der Waals surface area contributed by atoms with Crippen molar-refractivity contribution in [3.05, 3.63) is 47.7 Å². The second-order valence-corrected chi connectivity index (χ2v) is 8.64. The first-order valence-electron chi connectivity index (χ1n) is 11.4. The SMILES string of the molecule is N#Cc1ccc2[nH]c(O)c(-c3ccc(CN4CCOCC4)cn3)c2c1.O=C(O)CC(O)(CC(=O)O)C(=O)O. The summed E-state index contributed by atoms with van der Waals surface area (Å²) in [6.07, 6.45) is -0.444. The highest BCUT2D eigenvalue weighted by Crippen LogP contribution is 2.36. The third kappa shape index (κ3) is 7.04. The van der Waals surface area contributed by atoms with Crippen molar-refractivity contribution in [2.45, 2.75) is 25.0 Å². The molecule has 1 aliphatic heterocycles. The largest absolute Gasteiger partial charge is 0.494 e. The van der Waals surface area contributed by atoms with Crippen molar-refractivity contribution in [3.8, 4) is 23.2 Å². The summed E-state index contributed by atoms with van der Waals surface area (Å²) in [4.78, 5) is 40.3. The number of aromatic amines is 1.